The predicted molar refractivity (Wildman–Crippen MR) is 66.8 cm³/mol. The number of piperidine rings is 1. The maximum Gasteiger partial charge on any atom is 0.416 e. The zero-order valence-corrected chi connectivity index (χ0v) is 10.7. The summed E-state index contributed by atoms with van der Waals surface area (Å²) in [5.41, 5.74) is 0.467. The number of aryl methyl sites for hydroxylation is 1. The number of halogens is 3. The van der Waals surface area contributed by atoms with Crippen LogP contribution >= 0.6 is 0 Å². The van der Waals surface area contributed by atoms with Crippen molar-refractivity contribution < 1.29 is 13.2 Å². The fourth-order valence-electron chi connectivity index (χ4n) is 2.54. The van der Waals surface area contributed by atoms with E-state index in [-0.39, 0.29) is 5.56 Å². The number of hydrogen-bond acceptors (Lipinski definition) is 1. The lowest BCUT2D eigenvalue weighted by molar-refractivity contribution is -0.138. The SMILES string of the molecule is Cc1ccc(N2CCCC(C)C2)cc1C(F)(F)F. The van der Waals surface area contributed by atoms with E-state index in [4.69, 9.17) is 0 Å². The molecule has 1 unspecified atom stereocenters. The van der Waals surface area contributed by atoms with Crippen molar-refractivity contribution in [3.05, 3.63) is 29.3 Å². The van der Waals surface area contributed by atoms with E-state index >= 15 is 0 Å². The molecule has 4 heteroatoms. The average Bonchev–Trinajstić information content (AvgIpc) is 2.28. The normalized spacial score (nSPS) is 21.2. The minimum Gasteiger partial charge on any atom is -0.371 e. The van der Waals surface area contributed by atoms with Crippen molar-refractivity contribution >= 4 is 5.69 Å². The molecule has 0 amide bonds. The number of rotatable bonds is 1. The average molecular weight is 257 g/mol. The lowest BCUT2D eigenvalue weighted by Crippen LogP contribution is -2.34. The van der Waals surface area contributed by atoms with Gasteiger partial charge in [-0.2, -0.15) is 13.2 Å². The van der Waals surface area contributed by atoms with Gasteiger partial charge in [0.1, 0.15) is 0 Å². The summed E-state index contributed by atoms with van der Waals surface area (Å²) in [7, 11) is 0. The van der Waals surface area contributed by atoms with Gasteiger partial charge in [0.05, 0.1) is 5.56 Å². The van der Waals surface area contributed by atoms with Crippen LogP contribution in [0.4, 0.5) is 18.9 Å². The second-order valence-corrected chi connectivity index (χ2v) is 5.19. The van der Waals surface area contributed by atoms with Gasteiger partial charge in [-0.1, -0.05) is 13.0 Å². The fourth-order valence-corrected chi connectivity index (χ4v) is 2.54. The Bertz CT molecular complexity index is 426. The molecule has 1 fully saturated rings. The molecule has 1 heterocycles. The third-order valence-corrected chi connectivity index (χ3v) is 3.55. The summed E-state index contributed by atoms with van der Waals surface area (Å²) < 4.78 is 38.6. The van der Waals surface area contributed by atoms with Crippen LogP contribution in [0.3, 0.4) is 0 Å². The van der Waals surface area contributed by atoms with Gasteiger partial charge in [0.2, 0.25) is 0 Å². The molecule has 1 aromatic carbocycles. The summed E-state index contributed by atoms with van der Waals surface area (Å²) in [5, 5.41) is 0. The van der Waals surface area contributed by atoms with Crippen molar-refractivity contribution in [3.8, 4) is 0 Å². The molecule has 0 spiro atoms. The van der Waals surface area contributed by atoms with Crippen molar-refractivity contribution in [3.63, 3.8) is 0 Å². The van der Waals surface area contributed by atoms with Crippen LogP contribution in [0.15, 0.2) is 18.2 Å². The quantitative estimate of drug-likeness (QED) is 0.727. The van der Waals surface area contributed by atoms with Gasteiger partial charge in [-0.3, -0.25) is 0 Å². The zero-order chi connectivity index (χ0) is 13.3. The first-order valence-electron chi connectivity index (χ1n) is 6.30. The molecule has 1 saturated heterocycles. The molecule has 2 rings (SSSR count). The lowest BCUT2D eigenvalue weighted by Gasteiger charge is -2.33. The van der Waals surface area contributed by atoms with Gasteiger partial charge in [0, 0.05) is 18.8 Å². The van der Waals surface area contributed by atoms with Gasteiger partial charge in [0.15, 0.2) is 0 Å². The number of alkyl halides is 3. The van der Waals surface area contributed by atoms with Crippen LogP contribution in [0.25, 0.3) is 0 Å². The lowest BCUT2D eigenvalue weighted by atomic mass is 9.99. The van der Waals surface area contributed by atoms with Crippen LogP contribution in [0.2, 0.25) is 0 Å². The van der Waals surface area contributed by atoms with E-state index in [0.717, 1.165) is 25.9 Å². The van der Waals surface area contributed by atoms with Crippen LogP contribution < -0.4 is 4.90 Å². The molecule has 0 aromatic heterocycles. The van der Waals surface area contributed by atoms with Gasteiger partial charge in [0.25, 0.3) is 0 Å². The second-order valence-electron chi connectivity index (χ2n) is 5.19. The summed E-state index contributed by atoms with van der Waals surface area (Å²) in [4.78, 5) is 2.06. The number of nitrogens with zero attached hydrogens (tertiary/aromatic N) is 1. The minimum absolute atomic E-state index is 0.288. The highest BCUT2D eigenvalue weighted by molar-refractivity contribution is 5.52. The Balaban J connectivity index is 2.29. The maximum atomic E-state index is 12.9. The number of benzene rings is 1. The van der Waals surface area contributed by atoms with Gasteiger partial charge in [-0.15, -0.1) is 0 Å². The predicted octanol–water partition coefficient (Wildman–Crippen LogP) is 4.25. The molecule has 0 aliphatic carbocycles. The van der Waals surface area contributed by atoms with Crippen molar-refractivity contribution in [1.29, 1.82) is 0 Å². The molecule has 100 valence electrons. The van der Waals surface area contributed by atoms with Gasteiger partial charge in [-0.05, 0) is 43.4 Å². The van der Waals surface area contributed by atoms with Crippen molar-refractivity contribution in [1.82, 2.24) is 0 Å². The van der Waals surface area contributed by atoms with Gasteiger partial charge >= 0.3 is 6.18 Å². The van der Waals surface area contributed by atoms with Crippen LogP contribution in [0.5, 0.6) is 0 Å². The maximum absolute atomic E-state index is 12.9. The molecular weight excluding hydrogens is 239 g/mol. The van der Waals surface area contributed by atoms with E-state index in [9.17, 15) is 13.2 Å². The molecule has 0 bridgehead atoms. The van der Waals surface area contributed by atoms with Crippen LogP contribution in [0.1, 0.15) is 30.9 Å². The molecule has 1 aliphatic rings. The molecule has 1 nitrogen and oxygen atoms in total. The third-order valence-electron chi connectivity index (χ3n) is 3.55. The minimum atomic E-state index is -4.26. The highest BCUT2D eigenvalue weighted by Gasteiger charge is 2.33. The van der Waals surface area contributed by atoms with E-state index in [2.05, 4.69) is 11.8 Å². The highest BCUT2D eigenvalue weighted by atomic mass is 19.4. The molecular formula is C14H18F3N. The smallest absolute Gasteiger partial charge is 0.371 e. The summed E-state index contributed by atoms with van der Waals surface area (Å²) in [6, 6.07) is 4.65. The van der Waals surface area contributed by atoms with Gasteiger partial charge in [-0.25, -0.2) is 0 Å². The molecule has 0 saturated carbocycles. The summed E-state index contributed by atoms with van der Waals surface area (Å²) in [6.07, 6.45) is -2.05. The van der Waals surface area contributed by atoms with E-state index < -0.39 is 11.7 Å². The largest absolute Gasteiger partial charge is 0.416 e. The third kappa shape index (κ3) is 2.79. The van der Waals surface area contributed by atoms with E-state index in [1.54, 1.807) is 12.1 Å². The molecule has 0 radical (unpaired) electrons. The highest BCUT2D eigenvalue weighted by Crippen LogP contribution is 2.35. The summed E-state index contributed by atoms with van der Waals surface area (Å²) in [5.74, 6) is 0.550. The van der Waals surface area contributed by atoms with Crippen LogP contribution in [0, 0.1) is 12.8 Å². The van der Waals surface area contributed by atoms with Crippen molar-refractivity contribution in [2.75, 3.05) is 18.0 Å². The molecule has 1 aromatic rings. The first kappa shape index (κ1) is 13.2. The zero-order valence-electron chi connectivity index (χ0n) is 10.7. The Morgan fingerprint density at radius 1 is 1.28 bits per heavy atom. The standard InChI is InChI=1S/C14H18F3N/c1-10-4-3-7-18(9-10)12-6-5-11(2)13(8-12)14(15,16)17/h5-6,8,10H,3-4,7,9H2,1-2H3. The topological polar surface area (TPSA) is 3.24 Å². The first-order chi connectivity index (χ1) is 8.38. The van der Waals surface area contributed by atoms with E-state index in [1.165, 1.54) is 13.0 Å². The molecule has 18 heavy (non-hydrogen) atoms. The second kappa shape index (κ2) is 4.82. The first-order valence-corrected chi connectivity index (χ1v) is 6.30. The van der Waals surface area contributed by atoms with Gasteiger partial charge < -0.3 is 4.90 Å². The molecule has 0 N–H and O–H groups in total. The Kier molecular flexibility index (Phi) is 3.55. The monoisotopic (exact) mass is 257 g/mol. The van der Waals surface area contributed by atoms with Crippen LogP contribution in [-0.2, 0) is 6.18 Å². The fraction of sp³-hybridized carbons (Fsp3) is 0.571. The van der Waals surface area contributed by atoms with E-state index in [0.29, 0.717) is 11.6 Å². The Labute approximate surface area is 106 Å². The summed E-state index contributed by atoms with van der Waals surface area (Å²) in [6.45, 7) is 5.35. The molecule has 1 atom stereocenters. The number of anilines is 1. The Hall–Kier alpha value is -1.19. The van der Waals surface area contributed by atoms with Crippen molar-refractivity contribution in [2.45, 2.75) is 32.9 Å². The van der Waals surface area contributed by atoms with E-state index in [1.807, 2.05) is 0 Å². The van der Waals surface area contributed by atoms with Crippen molar-refractivity contribution in [2.24, 2.45) is 5.92 Å². The van der Waals surface area contributed by atoms with Crippen LogP contribution in [-0.4, -0.2) is 13.1 Å². The molecule has 1 aliphatic heterocycles. The Morgan fingerprint density at radius 3 is 2.61 bits per heavy atom. The Morgan fingerprint density at radius 2 is 2.00 bits per heavy atom. The summed E-state index contributed by atoms with van der Waals surface area (Å²) >= 11 is 0. The number of hydrogen-bond donors (Lipinski definition) is 0.